The molecule has 1 N–H and O–H groups in total. The third-order valence-electron chi connectivity index (χ3n) is 3.65. The number of amides is 1. The largest absolute Gasteiger partial charge is 0.452 e. The number of esters is 1. The number of aryl methyl sites for hydroxylation is 1. The molecule has 0 aromatic heterocycles. The van der Waals surface area contributed by atoms with Gasteiger partial charge in [-0.05, 0) is 25.5 Å². The zero-order valence-corrected chi connectivity index (χ0v) is 13.9. The molecular weight excluding hydrogens is 324 g/mol. The quantitative estimate of drug-likeness (QED) is 0.494. The van der Waals surface area contributed by atoms with Gasteiger partial charge in [-0.3, -0.25) is 14.9 Å². The maximum Gasteiger partial charge on any atom is 0.345 e. The van der Waals surface area contributed by atoms with E-state index in [1.807, 2.05) is 30.3 Å². The van der Waals surface area contributed by atoms with Gasteiger partial charge in [0.25, 0.3) is 11.6 Å². The van der Waals surface area contributed by atoms with Crippen molar-refractivity contribution < 1.29 is 19.2 Å². The molecule has 0 radical (unpaired) electrons. The van der Waals surface area contributed by atoms with Gasteiger partial charge in [-0.2, -0.15) is 0 Å². The molecule has 7 nitrogen and oxygen atoms in total. The van der Waals surface area contributed by atoms with Crippen LogP contribution in [0.25, 0.3) is 0 Å². The Morgan fingerprint density at radius 2 is 1.84 bits per heavy atom. The average Bonchev–Trinajstić information content (AvgIpc) is 2.59. The molecular formula is C18H18N2O5. The number of carbonyl (C=O) groups is 2. The molecule has 0 aliphatic carbocycles. The summed E-state index contributed by atoms with van der Waals surface area (Å²) in [4.78, 5) is 34.5. The van der Waals surface area contributed by atoms with Gasteiger partial charge >= 0.3 is 5.97 Å². The highest BCUT2D eigenvalue weighted by atomic mass is 16.6. The van der Waals surface area contributed by atoms with Crippen LogP contribution >= 0.6 is 0 Å². The Kier molecular flexibility index (Phi) is 5.84. The van der Waals surface area contributed by atoms with Crippen molar-refractivity contribution in [3.05, 3.63) is 75.3 Å². The highest BCUT2D eigenvalue weighted by Gasteiger charge is 2.24. The molecule has 1 amide bonds. The lowest BCUT2D eigenvalue weighted by atomic mass is 10.1. The fraction of sp³-hybridized carbons (Fsp3) is 0.222. The zero-order valence-electron chi connectivity index (χ0n) is 13.9. The van der Waals surface area contributed by atoms with Gasteiger partial charge in [0.15, 0.2) is 6.61 Å². The number of hydrogen-bond acceptors (Lipinski definition) is 5. The van der Waals surface area contributed by atoms with Gasteiger partial charge in [-0.1, -0.05) is 42.5 Å². The normalized spacial score (nSPS) is 11.4. The molecule has 0 aliphatic rings. The van der Waals surface area contributed by atoms with Crippen molar-refractivity contribution in [2.24, 2.45) is 0 Å². The van der Waals surface area contributed by atoms with Crippen molar-refractivity contribution in [2.45, 2.75) is 19.9 Å². The first-order valence-electron chi connectivity index (χ1n) is 7.65. The smallest absolute Gasteiger partial charge is 0.345 e. The summed E-state index contributed by atoms with van der Waals surface area (Å²) >= 11 is 0. The van der Waals surface area contributed by atoms with Gasteiger partial charge < -0.3 is 10.1 Å². The van der Waals surface area contributed by atoms with Crippen LogP contribution in [0.5, 0.6) is 0 Å². The maximum atomic E-state index is 12.1. The summed E-state index contributed by atoms with van der Waals surface area (Å²) in [5.74, 6) is -1.39. The second kappa shape index (κ2) is 8.05. The highest BCUT2D eigenvalue weighted by Crippen LogP contribution is 2.23. The molecule has 2 aromatic rings. The fourth-order valence-electron chi connectivity index (χ4n) is 2.38. The summed E-state index contributed by atoms with van der Waals surface area (Å²) in [7, 11) is 0. The van der Waals surface area contributed by atoms with Crippen LogP contribution in [-0.4, -0.2) is 23.4 Å². The van der Waals surface area contributed by atoms with Gasteiger partial charge in [0, 0.05) is 5.56 Å². The SMILES string of the molecule is Cc1cccc(C(=O)OCC(=O)N[C@H](C)c2ccccc2)c1[N+](=O)[O-]. The van der Waals surface area contributed by atoms with Gasteiger partial charge in [-0.15, -0.1) is 0 Å². The topological polar surface area (TPSA) is 98.5 Å². The zero-order chi connectivity index (χ0) is 18.4. The summed E-state index contributed by atoms with van der Waals surface area (Å²) in [6.45, 7) is 2.82. The van der Waals surface area contributed by atoms with Crippen LogP contribution in [0.3, 0.4) is 0 Å². The second-order valence-corrected chi connectivity index (χ2v) is 5.50. The van der Waals surface area contributed by atoms with E-state index in [1.54, 1.807) is 6.92 Å². The van der Waals surface area contributed by atoms with Crippen molar-refractivity contribution in [1.29, 1.82) is 0 Å². The molecule has 130 valence electrons. The van der Waals surface area contributed by atoms with Crippen LogP contribution in [0.15, 0.2) is 48.5 Å². The first-order chi connectivity index (χ1) is 11.9. The number of carbonyl (C=O) groups excluding carboxylic acids is 2. The molecule has 2 aromatic carbocycles. The minimum absolute atomic E-state index is 0.172. The molecule has 0 fully saturated rings. The molecule has 0 spiro atoms. The summed E-state index contributed by atoms with van der Waals surface area (Å²) in [6, 6.07) is 13.4. The van der Waals surface area contributed by atoms with E-state index >= 15 is 0 Å². The molecule has 0 saturated carbocycles. The van der Waals surface area contributed by atoms with Crippen molar-refractivity contribution in [3.63, 3.8) is 0 Å². The van der Waals surface area contributed by atoms with E-state index in [0.717, 1.165) is 5.56 Å². The number of hydrogen-bond donors (Lipinski definition) is 1. The minimum atomic E-state index is -0.905. The van der Waals surface area contributed by atoms with Crippen LogP contribution in [0.1, 0.15) is 34.5 Å². The standard InChI is InChI=1S/C18H18N2O5/c1-12-7-6-10-15(17(12)20(23)24)18(22)25-11-16(21)19-13(2)14-8-4-3-5-9-14/h3-10,13H,11H2,1-2H3,(H,19,21)/t13-/m1/s1. The van der Waals surface area contributed by atoms with E-state index in [1.165, 1.54) is 25.1 Å². The predicted octanol–water partition coefficient (Wildman–Crippen LogP) is 2.94. The van der Waals surface area contributed by atoms with E-state index in [9.17, 15) is 19.7 Å². The van der Waals surface area contributed by atoms with E-state index in [4.69, 9.17) is 4.74 Å². The van der Waals surface area contributed by atoms with Crippen molar-refractivity contribution >= 4 is 17.6 Å². The predicted molar refractivity (Wildman–Crippen MR) is 91.1 cm³/mol. The number of ether oxygens (including phenoxy) is 1. The van der Waals surface area contributed by atoms with Gasteiger partial charge in [0.1, 0.15) is 5.56 Å². The lowest BCUT2D eigenvalue weighted by Gasteiger charge is -2.14. The fourth-order valence-corrected chi connectivity index (χ4v) is 2.38. The molecule has 25 heavy (non-hydrogen) atoms. The Morgan fingerprint density at radius 1 is 1.16 bits per heavy atom. The van der Waals surface area contributed by atoms with Crippen molar-refractivity contribution in [2.75, 3.05) is 6.61 Å². The number of benzene rings is 2. The summed E-state index contributed by atoms with van der Waals surface area (Å²) in [5, 5.41) is 13.8. The lowest BCUT2D eigenvalue weighted by Crippen LogP contribution is -2.31. The summed E-state index contributed by atoms with van der Waals surface area (Å²) in [6.07, 6.45) is 0. The van der Waals surface area contributed by atoms with Crippen LogP contribution in [0, 0.1) is 17.0 Å². The number of nitro groups is 1. The molecule has 0 saturated heterocycles. The number of nitrogens with one attached hydrogen (secondary N) is 1. The van der Waals surface area contributed by atoms with Crippen LogP contribution in [0.2, 0.25) is 0 Å². The van der Waals surface area contributed by atoms with Crippen LogP contribution in [0.4, 0.5) is 5.69 Å². The van der Waals surface area contributed by atoms with Gasteiger partial charge in [0.2, 0.25) is 0 Å². The maximum absolute atomic E-state index is 12.1. The number of nitrogens with zero attached hydrogens (tertiary/aromatic N) is 1. The Labute approximate surface area is 144 Å². The summed E-state index contributed by atoms with van der Waals surface area (Å²) in [5.41, 5.74) is 0.776. The minimum Gasteiger partial charge on any atom is -0.452 e. The molecule has 7 heteroatoms. The first kappa shape index (κ1) is 18.1. The van der Waals surface area contributed by atoms with Gasteiger partial charge in [0.05, 0.1) is 11.0 Å². The van der Waals surface area contributed by atoms with E-state index in [2.05, 4.69) is 5.32 Å². The molecule has 0 heterocycles. The van der Waals surface area contributed by atoms with E-state index in [0.29, 0.717) is 5.56 Å². The lowest BCUT2D eigenvalue weighted by molar-refractivity contribution is -0.385. The Hall–Kier alpha value is -3.22. The van der Waals surface area contributed by atoms with Crippen molar-refractivity contribution in [1.82, 2.24) is 5.32 Å². The first-order valence-corrected chi connectivity index (χ1v) is 7.65. The number of rotatable bonds is 6. The van der Waals surface area contributed by atoms with Gasteiger partial charge in [-0.25, -0.2) is 4.79 Å². The van der Waals surface area contributed by atoms with E-state index in [-0.39, 0.29) is 17.3 Å². The second-order valence-electron chi connectivity index (χ2n) is 5.50. The molecule has 0 bridgehead atoms. The third-order valence-corrected chi connectivity index (χ3v) is 3.65. The average molecular weight is 342 g/mol. The number of para-hydroxylation sites is 1. The molecule has 2 rings (SSSR count). The molecule has 0 unspecified atom stereocenters. The number of nitro benzene ring substituents is 1. The monoisotopic (exact) mass is 342 g/mol. The third kappa shape index (κ3) is 4.63. The van der Waals surface area contributed by atoms with Crippen LogP contribution in [-0.2, 0) is 9.53 Å². The van der Waals surface area contributed by atoms with Crippen molar-refractivity contribution in [3.8, 4) is 0 Å². The highest BCUT2D eigenvalue weighted by molar-refractivity contribution is 5.95. The van der Waals surface area contributed by atoms with E-state index < -0.39 is 23.4 Å². The Balaban J connectivity index is 1.97. The Morgan fingerprint density at radius 3 is 2.48 bits per heavy atom. The molecule has 0 aliphatic heterocycles. The molecule has 1 atom stereocenters. The summed E-state index contributed by atoms with van der Waals surface area (Å²) < 4.78 is 4.92. The van der Waals surface area contributed by atoms with Crippen LogP contribution < -0.4 is 5.32 Å². The Bertz CT molecular complexity index is 789.